The molecule has 1 saturated heterocycles. The molecular weight excluding hydrogens is 232 g/mol. The van der Waals surface area contributed by atoms with Crippen LogP contribution in [0.5, 0.6) is 0 Å². The summed E-state index contributed by atoms with van der Waals surface area (Å²) >= 11 is 0. The van der Waals surface area contributed by atoms with Crippen LogP contribution in [0.15, 0.2) is 0 Å². The Morgan fingerprint density at radius 2 is 1.79 bits per heavy atom. The SMILES string of the molecule is CCCNC1CCC(N2CCCC(C)(C)CC2)CC1. The van der Waals surface area contributed by atoms with Crippen molar-refractivity contribution in [2.24, 2.45) is 5.41 Å². The average Bonchev–Trinajstić information content (AvgIpc) is 2.58. The Morgan fingerprint density at radius 3 is 2.47 bits per heavy atom. The zero-order valence-corrected chi connectivity index (χ0v) is 13.4. The van der Waals surface area contributed by atoms with Crippen molar-refractivity contribution in [2.45, 2.75) is 84.2 Å². The second-order valence-corrected chi connectivity index (χ2v) is 7.51. The van der Waals surface area contributed by atoms with Crippen LogP contribution in [0.3, 0.4) is 0 Å². The number of nitrogens with one attached hydrogen (secondary N) is 1. The Kier molecular flexibility index (Phi) is 5.70. The van der Waals surface area contributed by atoms with Gasteiger partial charge in [-0.2, -0.15) is 0 Å². The summed E-state index contributed by atoms with van der Waals surface area (Å²) in [5.41, 5.74) is 0.578. The molecule has 112 valence electrons. The molecule has 0 atom stereocenters. The Hall–Kier alpha value is -0.0800. The van der Waals surface area contributed by atoms with Crippen molar-refractivity contribution >= 4 is 0 Å². The first-order valence-electron chi connectivity index (χ1n) is 8.58. The van der Waals surface area contributed by atoms with Gasteiger partial charge in [-0.05, 0) is 76.4 Å². The Balaban J connectivity index is 1.75. The number of nitrogens with zero attached hydrogens (tertiary/aromatic N) is 1. The lowest BCUT2D eigenvalue weighted by molar-refractivity contribution is 0.143. The van der Waals surface area contributed by atoms with E-state index >= 15 is 0 Å². The molecule has 0 aromatic rings. The second-order valence-electron chi connectivity index (χ2n) is 7.51. The molecule has 2 heteroatoms. The lowest BCUT2D eigenvalue weighted by Crippen LogP contribution is -2.43. The molecule has 1 N–H and O–H groups in total. The second kappa shape index (κ2) is 7.08. The van der Waals surface area contributed by atoms with Gasteiger partial charge < -0.3 is 10.2 Å². The molecule has 1 aliphatic carbocycles. The lowest BCUT2D eigenvalue weighted by atomic mass is 9.85. The number of rotatable bonds is 4. The molecule has 2 nitrogen and oxygen atoms in total. The minimum atomic E-state index is 0.578. The predicted octanol–water partition coefficient (Wildman–Crippen LogP) is 3.81. The van der Waals surface area contributed by atoms with Crippen molar-refractivity contribution in [3.8, 4) is 0 Å². The maximum Gasteiger partial charge on any atom is 0.00964 e. The first-order valence-corrected chi connectivity index (χ1v) is 8.58. The van der Waals surface area contributed by atoms with E-state index in [2.05, 4.69) is 31.0 Å². The van der Waals surface area contributed by atoms with Gasteiger partial charge in [0, 0.05) is 12.1 Å². The molecule has 1 heterocycles. The summed E-state index contributed by atoms with van der Waals surface area (Å²) in [6, 6.07) is 1.69. The first kappa shape index (κ1) is 15.3. The van der Waals surface area contributed by atoms with Crippen LogP contribution in [0.2, 0.25) is 0 Å². The summed E-state index contributed by atoms with van der Waals surface area (Å²) in [5.74, 6) is 0. The number of likely N-dealkylation sites (tertiary alicyclic amines) is 1. The van der Waals surface area contributed by atoms with Crippen LogP contribution in [-0.2, 0) is 0 Å². The third-order valence-corrected chi connectivity index (χ3v) is 5.27. The van der Waals surface area contributed by atoms with E-state index in [9.17, 15) is 0 Å². The van der Waals surface area contributed by atoms with Crippen molar-refractivity contribution in [3.05, 3.63) is 0 Å². The van der Waals surface area contributed by atoms with Crippen molar-refractivity contribution < 1.29 is 0 Å². The zero-order valence-electron chi connectivity index (χ0n) is 13.4. The molecule has 1 saturated carbocycles. The van der Waals surface area contributed by atoms with Gasteiger partial charge in [0.2, 0.25) is 0 Å². The zero-order chi connectivity index (χ0) is 13.7. The smallest absolute Gasteiger partial charge is 0.00964 e. The van der Waals surface area contributed by atoms with Crippen LogP contribution in [0.4, 0.5) is 0 Å². The molecule has 0 aromatic heterocycles. The lowest BCUT2D eigenvalue weighted by Gasteiger charge is -2.37. The van der Waals surface area contributed by atoms with Gasteiger partial charge in [0.25, 0.3) is 0 Å². The molecule has 0 aromatic carbocycles. The summed E-state index contributed by atoms with van der Waals surface area (Å²) in [5, 5.41) is 3.70. The summed E-state index contributed by atoms with van der Waals surface area (Å²) in [4.78, 5) is 2.81. The topological polar surface area (TPSA) is 15.3 Å². The monoisotopic (exact) mass is 266 g/mol. The Labute approximate surface area is 120 Å². The van der Waals surface area contributed by atoms with E-state index in [1.807, 2.05) is 0 Å². The van der Waals surface area contributed by atoms with Crippen LogP contribution < -0.4 is 5.32 Å². The first-order chi connectivity index (χ1) is 9.11. The van der Waals surface area contributed by atoms with Crippen molar-refractivity contribution in [1.29, 1.82) is 0 Å². The molecule has 0 unspecified atom stereocenters. The van der Waals surface area contributed by atoms with Crippen molar-refractivity contribution in [2.75, 3.05) is 19.6 Å². The highest BCUT2D eigenvalue weighted by molar-refractivity contribution is 4.85. The van der Waals surface area contributed by atoms with Gasteiger partial charge in [0.1, 0.15) is 0 Å². The van der Waals surface area contributed by atoms with E-state index in [-0.39, 0.29) is 0 Å². The van der Waals surface area contributed by atoms with Gasteiger partial charge in [-0.25, -0.2) is 0 Å². The standard InChI is InChI=1S/C17H34N2/c1-4-12-18-15-6-8-16(9-7-15)19-13-5-10-17(2,3)11-14-19/h15-16,18H,4-14H2,1-3H3. The van der Waals surface area contributed by atoms with Crippen LogP contribution in [0, 0.1) is 5.41 Å². The molecule has 0 radical (unpaired) electrons. The summed E-state index contributed by atoms with van der Waals surface area (Å²) in [6.45, 7) is 11.0. The van der Waals surface area contributed by atoms with Gasteiger partial charge in [-0.1, -0.05) is 20.8 Å². The van der Waals surface area contributed by atoms with E-state index in [1.165, 1.54) is 71.0 Å². The van der Waals surface area contributed by atoms with Crippen LogP contribution >= 0.6 is 0 Å². The highest BCUT2D eigenvalue weighted by Crippen LogP contribution is 2.32. The van der Waals surface area contributed by atoms with E-state index in [4.69, 9.17) is 0 Å². The summed E-state index contributed by atoms with van der Waals surface area (Å²) in [6.07, 6.45) is 11.1. The van der Waals surface area contributed by atoms with Gasteiger partial charge in [0.05, 0.1) is 0 Å². The largest absolute Gasteiger partial charge is 0.314 e. The third kappa shape index (κ3) is 4.75. The van der Waals surface area contributed by atoms with E-state index in [0.717, 1.165) is 12.1 Å². The average molecular weight is 266 g/mol. The van der Waals surface area contributed by atoms with Crippen LogP contribution in [0.25, 0.3) is 0 Å². The van der Waals surface area contributed by atoms with Gasteiger partial charge in [0.15, 0.2) is 0 Å². The van der Waals surface area contributed by atoms with Crippen LogP contribution in [-0.4, -0.2) is 36.6 Å². The fourth-order valence-electron chi connectivity index (χ4n) is 3.80. The van der Waals surface area contributed by atoms with Crippen molar-refractivity contribution in [1.82, 2.24) is 10.2 Å². The molecule has 2 aliphatic rings. The van der Waals surface area contributed by atoms with E-state index in [0.29, 0.717) is 5.41 Å². The maximum absolute atomic E-state index is 3.70. The minimum Gasteiger partial charge on any atom is -0.314 e. The highest BCUT2D eigenvalue weighted by atomic mass is 15.2. The molecule has 0 bridgehead atoms. The minimum absolute atomic E-state index is 0.578. The molecule has 2 rings (SSSR count). The molecule has 0 amide bonds. The molecular formula is C17H34N2. The summed E-state index contributed by atoms with van der Waals surface area (Å²) < 4.78 is 0. The third-order valence-electron chi connectivity index (χ3n) is 5.27. The fraction of sp³-hybridized carbons (Fsp3) is 1.00. The van der Waals surface area contributed by atoms with Crippen LogP contribution in [0.1, 0.15) is 72.1 Å². The van der Waals surface area contributed by atoms with Gasteiger partial charge in [-0.15, -0.1) is 0 Å². The maximum atomic E-state index is 3.70. The molecule has 2 fully saturated rings. The predicted molar refractivity (Wildman–Crippen MR) is 83.5 cm³/mol. The molecule has 19 heavy (non-hydrogen) atoms. The van der Waals surface area contributed by atoms with E-state index < -0.39 is 0 Å². The van der Waals surface area contributed by atoms with Gasteiger partial charge >= 0.3 is 0 Å². The number of hydrogen-bond donors (Lipinski definition) is 1. The van der Waals surface area contributed by atoms with Gasteiger partial charge in [-0.3, -0.25) is 0 Å². The number of hydrogen-bond acceptors (Lipinski definition) is 2. The Bertz CT molecular complexity index is 254. The Morgan fingerprint density at radius 1 is 1.05 bits per heavy atom. The quantitative estimate of drug-likeness (QED) is 0.832. The molecule has 1 aliphatic heterocycles. The van der Waals surface area contributed by atoms with E-state index in [1.54, 1.807) is 0 Å². The summed E-state index contributed by atoms with van der Waals surface area (Å²) in [7, 11) is 0. The fourth-order valence-corrected chi connectivity index (χ4v) is 3.80. The highest BCUT2D eigenvalue weighted by Gasteiger charge is 2.29. The normalized spacial score (nSPS) is 33.0. The van der Waals surface area contributed by atoms with Crippen molar-refractivity contribution in [3.63, 3.8) is 0 Å². The molecule has 0 spiro atoms.